The highest BCUT2D eigenvalue weighted by Crippen LogP contribution is 2.22. The number of amides is 2. The van der Waals surface area contributed by atoms with Crippen LogP contribution in [-0.2, 0) is 13.0 Å². The molecule has 1 atom stereocenters. The molecule has 2 N–H and O–H groups in total. The highest BCUT2D eigenvalue weighted by molar-refractivity contribution is 6.01. The third-order valence-corrected chi connectivity index (χ3v) is 5.89. The third kappa shape index (κ3) is 7.52. The fourth-order valence-electron chi connectivity index (χ4n) is 3.92. The second-order valence-electron chi connectivity index (χ2n) is 8.88. The lowest BCUT2D eigenvalue weighted by atomic mass is 10.0. The average Bonchev–Trinajstić information content (AvgIpc) is 3.41. The van der Waals surface area contributed by atoms with Gasteiger partial charge in [-0.15, -0.1) is 0 Å². The summed E-state index contributed by atoms with van der Waals surface area (Å²) >= 11 is 0. The number of hydrogen-bond acceptors (Lipinski definition) is 5. The molecule has 0 aliphatic heterocycles. The molecule has 0 aliphatic carbocycles. The Morgan fingerprint density at radius 1 is 1.09 bits per heavy atom. The zero-order chi connectivity index (χ0) is 25.2. The molecule has 3 aromatic rings. The number of rotatable bonds is 12. The summed E-state index contributed by atoms with van der Waals surface area (Å²) in [5, 5.41) is 6.50. The predicted molar refractivity (Wildman–Crippen MR) is 138 cm³/mol. The minimum Gasteiger partial charge on any atom is -0.445 e. The molecule has 1 heterocycles. The van der Waals surface area contributed by atoms with E-state index in [4.69, 9.17) is 4.42 Å². The maximum absolute atomic E-state index is 13.1. The van der Waals surface area contributed by atoms with Crippen molar-refractivity contribution in [2.75, 3.05) is 20.1 Å². The first-order valence-corrected chi connectivity index (χ1v) is 12.3. The van der Waals surface area contributed by atoms with E-state index < -0.39 is 0 Å². The second-order valence-corrected chi connectivity index (χ2v) is 8.88. The maximum atomic E-state index is 13.1. The molecule has 0 radical (unpaired) electrons. The SMILES string of the molecule is CCCN(C)C(=O)c1cc(C(=O)NC(C)CCNCc2cccc(CC)c2)cc(-c2ncco2)c1. The Hall–Kier alpha value is -3.45. The molecule has 7 nitrogen and oxygen atoms in total. The van der Waals surface area contributed by atoms with Crippen LogP contribution in [0.4, 0.5) is 0 Å². The summed E-state index contributed by atoms with van der Waals surface area (Å²) in [5.41, 5.74) is 4.03. The predicted octanol–water partition coefficient (Wildman–Crippen LogP) is 4.68. The standard InChI is InChI=1S/C28H36N4O3/c1-5-13-32(4)28(34)25-17-23(16-24(18-25)27-30-12-14-35-27)26(33)31-20(3)10-11-29-19-22-9-7-8-21(6-2)15-22/h7-9,12,14-18,20,29H,5-6,10-11,13,19H2,1-4H3,(H,31,33). The average molecular weight is 477 g/mol. The van der Waals surface area contributed by atoms with Gasteiger partial charge in [0, 0.05) is 42.9 Å². The topological polar surface area (TPSA) is 87.5 Å². The lowest BCUT2D eigenvalue weighted by Gasteiger charge is -2.18. The summed E-state index contributed by atoms with van der Waals surface area (Å²) in [7, 11) is 1.76. The van der Waals surface area contributed by atoms with Gasteiger partial charge in [0.05, 0.1) is 6.20 Å². The van der Waals surface area contributed by atoms with Gasteiger partial charge in [0.15, 0.2) is 0 Å². The van der Waals surface area contributed by atoms with E-state index in [9.17, 15) is 9.59 Å². The van der Waals surface area contributed by atoms with Gasteiger partial charge in [0.1, 0.15) is 6.26 Å². The van der Waals surface area contributed by atoms with Crippen LogP contribution in [0.15, 0.2) is 59.3 Å². The van der Waals surface area contributed by atoms with E-state index in [0.29, 0.717) is 29.1 Å². The van der Waals surface area contributed by atoms with E-state index in [0.717, 1.165) is 32.4 Å². The van der Waals surface area contributed by atoms with Crippen LogP contribution in [0, 0.1) is 0 Å². The first kappa shape index (κ1) is 26.2. The molecule has 0 fully saturated rings. The van der Waals surface area contributed by atoms with Gasteiger partial charge in [0.2, 0.25) is 5.89 Å². The number of benzene rings is 2. The van der Waals surface area contributed by atoms with E-state index in [1.807, 2.05) is 13.8 Å². The summed E-state index contributed by atoms with van der Waals surface area (Å²) in [6.45, 7) is 8.36. The lowest BCUT2D eigenvalue weighted by Crippen LogP contribution is -2.35. The van der Waals surface area contributed by atoms with Crippen molar-refractivity contribution < 1.29 is 14.0 Å². The van der Waals surface area contributed by atoms with Crippen LogP contribution in [0.2, 0.25) is 0 Å². The van der Waals surface area contributed by atoms with Crippen molar-refractivity contribution >= 4 is 11.8 Å². The highest BCUT2D eigenvalue weighted by atomic mass is 16.3. The van der Waals surface area contributed by atoms with Crippen LogP contribution >= 0.6 is 0 Å². The normalized spacial score (nSPS) is 11.8. The third-order valence-electron chi connectivity index (χ3n) is 5.89. The molecule has 1 aromatic heterocycles. The summed E-state index contributed by atoms with van der Waals surface area (Å²) < 4.78 is 5.42. The monoisotopic (exact) mass is 476 g/mol. The molecule has 0 saturated heterocycles. The smallest absolute Gasteiger partial charge is 0.253 e. The van der Waals surface area contributed by atoms with Crippen molar-refractivity contribution in [3.63, 3.8) is 0 Å². The molecule has 186 valence electrons. The van der Waals surface area contributed by atoms with Crippen LogP contribution in [0.25, 0.3) is 11.5 Å². The number of carbonyl (C=O) groups is 2. The molecule has 3 rings (SSSR count). The van der Waals surface area contributed by atoms with E-state index in [1.165, 1.54) is 17.4 Å². The molecule has 35 heavy (non-hydrogen) atoms. The summed E-state index contributed by atoms with van der Waals surface area (Å²) in [6.07, 6.45) is 5.67. The first-order valence-electron chi connectivity index (χ1n) is 12.3. The fraction of sp³-hybridized carbons (Fsp3) is 0.393. The number of aryl methyl sites for hydroxylation is 1. The van der Waals surface area contributed by atoms with Crippen LogP contribution in [0.1, 0.15) is 65.5 Å². The van der Waals surface area contributed by atoms with E-state index in [-0.39, 0.29) is 17.9 Å². The Balaban J connectivity index is 1.63. The second kappa shape index (κ2) is 12.9. The number of aromatic nitrogens is 1. The maximum Gasteiger partial charge on any atom is 0.253 e. The molecular formula is C28H36N4O3. The largest absolute Gasteiger partial charge is 0.445 e. The van der Waals surface area contributed by atoms with Gasteiger partial charge < -0.3 is 20.0 Å². The van der Waals surface area contributed by atoms with Crippen molar-refractivity contribution in [2.24, 2.45) is 0 Å². The van der Waals surface area contributed by atoms with Crippen molar-refractivity contribution in [3.8, 4) is 11.5 Å². The Morgan fingerprint density at radius 2 is 1.86 bits per heavy atom. The van der Waals surface area contributed by atoms with Gasteiger partial charge in [-0.2, -0.15) is 0 Å². The number of nitrogens with one attached hydrogen (secondary N) is 2. The minimum atomic E-state index is -0.228. The quantitative estimate of drug-likeness (QED) is 0.371. The van der Waals surface area contributed by atoms with Crippen LogP contribution < -0.4 is 10.6 Å². The molecule has 0 bridgehead atoms. The molecule has 7 heteroatoms. The fourth-order valence-corrected chi connectivity index (χ4v) is 3.92. The minimum absolute atomic E-state index is 0.0377. The Bertz CT molecular complexity index is 1110. The molecule has 0 saturated carbocycles. The van der Waals surface area contributed by atoms with Gasteiger partial charge in [-0.05, 0) is 62.1 Å². The van der Waals surface area contributed by atoms with Crippen LogP contribution in [0.3, 0.4) is 0 Å². The van der Waals surface area contributed by atoms with Crippen molar-refractivity contribution in [1.82, 2.24) is 20.5 Å². The van der Waals surface area contributed by atoms with E-state index in [2.05, 4.69) is 46.8 Å². The molecule has 2 aromatic carbocycles. The Kier molecular flexibility index (Phi) is 9.61. The zero-order valence-electron chi connectivity index (χ0n) is 21.1. The zero-order valence-corrected chi connectivity index (χ0v) is 21.1. The number of carbonyl (C=O) groups excluding carboxylic acids is 2. The van der Waals surface area contributed by atoms with E-state index >= 15 is 0 Å². The van der Waals surface area contributed by atoms with Gasteiger partial charge in [-0.1, -0.05) is 38.1 Å². The number of hydrogen-bond donors (Lipinski definition) is 2. The highest BCUT2D eigenvalue weighted by Gasteiger charge is 2.18. The molecule has 0 spiro atoms. The molecule has 0 aliphatic rings. The van der Waals surface area contributed by atoms with E-state index in [1.54, 1.807) is 36.3 Å². The molecule has 1 unspecified atom stereocenters. The number of nitrogens with zero attached hydrogens (tertiary/aromatic N) is 2. The lowest BCUT2D eigenvalue weighted by molar-refractivity contribution is 0.0795. The Labute approximate surface area is 207 Å². The van der Waals surface area contributed by atoms with Crippen molar-refractivity contribution in [2.45, 2.75) is 52.6 Å². The first-order chi connectivity index (χ1) is 16.9. The van der Waals surface area contributed by atoms with Crippen LogP contribution in [-0.4, -0.2) is 47.9 Å². The number of oxazole rings is 1. The summed E-state index contributed by atoms with van der Waals surface area (Å²) in [5.74, 6) is 0.00341. The van der Waals surface area contributed by atoms with Gasteiger partial charge in [0.25, 0.3) is 11.8 Å². The van der Waals surface area contributed by atoms with Crippen LogP contribution in [0.5, 0.6) is 0 Å². The van der Waals surface area contributed by atoms with Gasteiger partial charge in [-0.3, -0.25) is 9.59 Å². The van der Waals surface area contributed by atoms with Gasteiger partial charge in [-0.25, -0.2) is 4.98 Å². The summed E-state index contributed by atoms with van der Waals surface area (Å²) in [6, 6.07) is 13.6. The molecule has 2 amide bonds. The molecular weight excluding hydrogens is 440 g/mol. The Morgan fingerprint density at radius 3 is 2.57 bits per heavy atom. The van der Waals surface area contributed by atoms with Crippen molar-refractivity contribution in [3.05, 3.63) is 77.2 Å². The van der Waals surface area contributed by atoms with Gasteiger partial charge >= 0.3 is 0 Å². The van der Waals surface area contributed by atoms with Crippen molar-refractivity contribution in [1.29, 1.82) is 0 Å². The summed E-state index contributed by atoms with van der Waals surface area (Å²) in [4.78, 5) is 31.8.